The summed E-state index contributed by atoms with van der Waals surface area (Å²) in [6.45, 7) is 8.50. The van der Waals surface area contributed by atoms with E-state index in [9.17, 15) is 4.79 Å². The van der Waals surface area contributed by atoms with E-state index in [1.165, 1.54) is 16.0 Å². The molecule has 26 heavy (non-hydrogen) atoms. The summed E-state index contributed by atoms with van der Waals surface area (Å²) in [6, 6.07) is 12.3. The Morgan fingerprint density at radius 3 is 2.69 bits per heavy atom. The lowest BCUT2D eigenvalue weighted by Gasteiger charge is -2.35. The molecule has 3 N–H and O–H groups in total. The minimum absolute atomic E-state index is 0.0772. The summed E-state index contributed by atoms with van der Waals surface area (Å²) in [5, 5.41) is 5.28. The van der Waals surface area contributed by atoms with Crippen LogP contribution in [-0.4, -0.2) is 29.9 Å². The van der Waals surface area contributed by atoms with Crippen LogP contribution in [0.3, 0.4) is 0 Å². The van der Waals surface area contributed by atoms with Crippen LogP contribution in [0.1, 0.15) is 42.8 Å². The van der Waals surface area contributed by atoms with Crippen LogP contribution >= 0.6 is 11.3 Å². The highest BCUT2D eigenvalue weighted by Crippen LogP contribution is 2.30. The van der Waals surface area contributed by atoms with Crippen molar-refractivity contribution in [2.45, 2.75) is 45.8 Å². The SMILES string of the molecule is CC(C)(C)[C@H](N)C(=O)NCC(c1ccccc1)N1CCc2sccc2C1. The Labute approximate surface area is 160 Å². The number of fused-ring (bicyclic) bond motifs is 1. The molecular weight excluding hydrogens is 342 g/mol. The number of amides is 1. The van der Waals surface area contributed by atoms with E-state index in [0.29, 0.717) is 6.54 Å². The van der Waals surface area contributed by atoms with E-state index in [4.69, 9.17) is 5.73 Å². The molecule has 0 bridgehead atoms. The van der Waals surface area contributed by atoms with Crippen LogP contribution in [0.4, 0.5) is 0 Å². The maximum Gasteiger partial charge on any atom is 0.237 e. The molecule has 1 aromatic heterocycles. The van der Waals surface area contributed by atoms with Crippen LogP contribution in [-0.2, 0) is 17.8 Å². The minimum atomic E-state index is -0.510. The third-order valence-corrected chi connectivity index (χ3v) is 6.17. The number of nitrogens with two attached hydrogens (primary N) is 1. The topological polar surface area (TPSA) is 58.4 Å². The molecule has 0 saturated carbocycles. The molecule has 0 saturated heterocycles. The summed E-state index contributed by atoms with van der Waals surface area (Å²) in [7, 11) is 0. The number of carbonyl (C=O) groups is 1. The molecular formula is C21H29N3OS. The highest BCUT2D eigenvalue weighted by molar-refractivity contribution is 7.10. The van der Waals surface area contributed by atoms with E-state index in [1.807, 2.05) is 38.2 Å². The molecule has 3 rings (SSSR count). The molecule has 1 aliphatic rings. The maximum absolute atomic E-state index is 12.5. The second kappa shape index (κ2) is 7.91. The van der Waals surface area contributed by atoms with Gasteiger partial charge in [-0.2, -0.15) is 0 Å². The van der Waals surface area contributed by atoms with Crippen LogP contribution < -0.4 is 11.1 Å². The first kappa shape index (κ1) is 19.1. The minimum Gasteiger partial charge on any atom is -0.353 e. The van der Waals surface area contributed by atoms with Crippen LogP contribution in [0.2, 0.25) is 0 Å². The first-order chi connectivity index (χ1) is 12.4. The molecule has 2 atom stereocenters. The Balaban J connectivity index is 1.74. The second-order valence-electron chi connectivity index (χ2n) is 8.10. The standard InChI is InChI=1S/C21H29N3OS/c1-21(2,3)19(22)20(25)23-13-17(15-7-5-4-6-8-15)24-11-9-18-16(14-24)10-12-26-18/h4-8,10,12,17,19H,9,11,13-14,22H2,1-3H3,(H,23,25)/t17?,19-/m1/s1. The van der Waals surface area contributed by atoms with Gasteiger partial charge in [-0.1, -0.05) is 51.1 Å². The van der Waals surface area contributed by atoms with Crippen LogP contribution in [0.25, 0.3) is 0 Å². The monoisotopic (exact) mass is 371 g/mol. The summed E-state index contributed by atoms with van der Waals surface area (Å²) < 4.78 is 0. The van der Waals surface area contributed by atoms with Gasteiger partial charge >= 0.3 is 0 Å². The summed E-state index contributed by atoms with van der Waals surface area (Å²) in [5.74, 6) is -0.0772. The average molecular weight is 372 g/mol. The number of nitrogens with one attached hydrogen (secondary N) is 1. The fraction of sp³-hybridized carbons (Fsp3) is 0.476. The van der Waals surface area contributed by atoms with Crippen molar-refractivity contribution in [2.75, 3.05) is 13.1 Å². The predicted octanol–water partition coefficient (Wildman–Crippen LogP) is 3.34. The van der Waals surface area contributed by atoms with Gasteiger partial charge in [0.1, 0.15) is 0 Å². The zero-order valence-electron chi connectivity index (χ0n) is 15.9. The number of hydrogen-bond donors (Lipinski definition) is 2. The van der Waals surface area contributed by atoms with Crippen LogP contribution in [0.5, 0.6) is 0 Å². The normalized spacial score (nSPS) is 17.4. The van der Waals surface area contributed by atoms with E-state index < -0.39 is 6.04 Å². The Bertz CT molecular complexity index is 735. The van der Waals surface area contributed by atoms with Crippen LogP contribution in [0.15, 0.2) is 41.8 Å². The van der Waals surface area contributed by atoms with Gasteiger partial charge < -0.3 is 11.1 Å². The summed E-state index contributed by atoms with van der Waals surface area (Å²) in [5.41, 5.74) is 8.52. The number of benzene rings is 1. The Hall–Kier alpha value is -1.69. The quantitative estimate of drug-likeness (QED) is 0.847. The van der Waals surface area contributed by atoms with Gasteiger partial charge in [0.2, 0.25) is 5.91 Å². The second-order valence-corrected chi connectivity index (χ2v) is 9.11. The first-order valence-electron chi connectivity index (χ1n) is 9.24. The van der Waals surface area contributed by atoms with Crippen molar-refractivity contribution in [1.29, 1.82) is 0 Å². The van der Waals surface area contributed by atoms with Gasteiger partial charge in [-0.3, -0.25) is 9.69 Å². The molecule has 0 fully saturated rings. The fourth-order valence-electron chi connectivity index (χ4n) is 3.37. The number of hydrogen-bond acceptors (Lipinski definition) is 4. The molecule has 0 spiro atoms. The van der Waals surface area contributed by atoms with Gasteiger partial charge in [-0.15, -0.1) is 11.3 Å². The van der Waals surface area contributed by atoms with Crippen molar-refractivity contribution in [2.24, 2.45) is 11.1 Å². The lowest BCUT2D eigenvalue weighted by atomic mass is 9.87. The molecule has 140 valence electrons. The first-order valence-corrected chi connectivity index (χ1v) is 10.1. The third kappa shape index (κ3) is 4.34. The number of nitrogens with zero attached hydrogens (tertiary/aromatic N) is 1. The van der Waals surface area contributed by atoms with Crippen LogP contribution in [0, 0.1) is 5.41 Å². The number of thiophene rings is 1. The molecule has 1 aliphatic heterocycles. The lowest BCUT2D eigenvalue weighted by molar-refractivity contribution is -0.124. The Kier molecular flexibility index (Phi) is 5.80. The van der Waals surface area contributed by atoms with Crippen molar-refractivity contribution < 1.29 is 4.79 Å². The van der Waals surface area contributed by atoms with Gasteiger partial charge in [-0.25, -0.2) is 0 Å². The molecule has 4 nitrogen and oxygen atoms in total. The summed E-state index contributed by atoms with van der Waals surface area (Å²) >= 11 is 1.85. The smallest absolute Gasteiger partial charge is 0.237 e. The van der Waals surface area contributed by atoms with E-state index in [0.717, 1.165) is 19.5 Å². The van der Waals surface area contributed by atoms with Crippen molar-refractivity contribution in [1.82, 2.24) is 10.2 Å². The number of rotatable bonds is 5. The van der Waals surface area contributed by atoms with Crippen molar-refractivity contribution >= 4 is 17.2 Å². The van der Waals surface area contributed by atoms with E-state index in [2.05, 4.69) is 45.9 Å². The van der Waals surface area contributed by atoms with E-state index in [-0.39, 0.29) is 17.4 Å². The number of carbonyl (C=O) groups excluding carboxylic acids is 1. The molecule has 2 heterocycles. The largest absolute Gasteiger partial charge is 0.353 e. The lowest BCUT2D eigenvalue weighted by Crippen LogP contribution is -2.50. The maximum atomic E-state index is 12.5. The van der Waals surface area contributed by atoms with Gasteiger partial charge in [0, 0.05) is 24.5 Å². The fourth-order valence-corrected chi connectivity index (χ4v) is 4.26. The molecule has 5 heteroatoms. The van der Waals surface area contributed by atoms with E-state index in [1.54, 1.807) is 0 Å². The predicted molar refractivity (Wildman–Crippen MR) is 108 cm³/mol. The summed E-state index contributed by atoms with van der Waals surface area (Å²) in [4.78, 5) is 16.5. The molecule has 1 aromatic carbocycles. The zero-order chi connectivity index (χ0) is 18.7. The molecule has 1 unspecified atom stereocenters. The average Bonchev–Trinajstić information content (AvgIpc) is 3.09. The van der Waals surface area contributed by atoms with Crippen molar-refractivity contribution in [3.8, 4) is 0 Å². The zero-order valence-corrected chi connectivity index (χ0v) is 16.7. The molecule has 0 radical (unpaired) electrons. The van der Waals surface area contributed by atoms with Crippen molar-refractivity contribution in [3.63, 3.8) is 0 Å². The van der Waals surface area contributed by atoms with Gasteiger partial charge in [-0.05, 0) is 34.4 Å². The van der Waals surface area contributed by atoms with Gasteiger partial charge in [0.05, 0.1) is 12.1 Å². The summed E-state index contributed by atoms with van der Waals surface area (Å²) in [6.07, 6.45) is 1.08. The van der Waals surface area contributed by atoms with Gasteiger partial charge in [0.25, 0.3) is 0 Å². The van der Waals surface area contributed by atoms with Crippen molar-refractivity contribution in [3.05, 3.63) is 57.8 Å². The van der Waals surface area contributed by atoms with E-state index >= 15 is 0 Å². The Morgan fingerprint density at radius 1 is 1.27 bits per heavy atom. The highest BCUT2D eigenvalue weighted by Gasteiger charge is 2.30. The molecule has 1 amide bonds. The molecule has 2 aromatic rings. The molecule has 0 aliphatic carbocycles. The highest BCUT2D eigenvalue weighted by atomic mass is 32.1. The third-order valence-electron chi connectivity index (χ3n) is 5.15. The Morgan fingerprint density at radius 2 is 2.00 bits per heavy atom. The van der Waals surface area contributed by atoms with Gasteiger partial charge in [0.15, 0.2) is 0 Å².